The van der Waals surface area contributed by atoms with E-state index >= 15 is 0 Å². The van der Waals surface area contributed by atoms with Gasteiger partial charge in [0.15, 0.2) is 0 Å². The zero-order valence-corrected chi connectivity index (χ0v) is 13.5. The Morgan fingerprint density at radius 1 is 1.29 bits per heavy atom. The highest BCUT2D eigenvalue weighted by molar-refractivity contribution is 9.10. The average molecular weight is 374 g/mol. The summed E-state index contributed by atoms with van der Waals surface area (Å²) >= 11 is 4.93. The van der Waals surface area contributed by atoms with Crippen LogP contribution in [0.2, 0.25) is 0 Å². The number of thioether (sulfide) groups is 1. The van der Waals surface area contributed by atoms with E-state index in [2.05, 4.69) is 32.1 Å². The van der Waals surface area contributed by atoms with Crippen LogP contribution in [-0.4, -0.2) is 28.5 Å². The lowest BCUT2D eigenvalue weighted by atomic mass is 10.1. The largest absolute Gasteiger partial charge is 0.481 e. The molecule has 114 valence electrons. The van der Waals surface area contributed by atoms with E-state index in [9.17, 15) is 9.59 Å². The number of hydrogen-bond donors (Lipinski definition) is 4. The van der Waals surface area contributed by atoms with Crippen LogP contribution >= 0.6 is 27.7 Å². The maximum absolute atomic E-state index is 11.8. The van der Waals surface area contributed by atoms with Crippen LogP contribution in [0.15, 0.2) is 28.7 Å². The Labute approximate surface area is 135 Å². The Morgan fingerprint density at radius 2 is 2.00 bits per heavy atom. The molecule has 6 nitrogen and oxygen atoms in total. The molecule has 0 aliphatic carbocycles. The monoisotopic (exact) mass is 373 g/mol. The molecule has 8 heteroatoms. The summed E-state index contributed by atoms with van der Waals surface area (Å²) < 4.78 is 1.03. The maximum Gasteiger partial charge on any atom is 0.303 e. The van der Waals surface area contributed by atoms with Crippen LogP contribution in [0.25, 0.3) is 0 Å². The molecule has 2 unspecified atom stereocenters. The molecule has 21 heavy (non-hydrogen) atoms. The summed E-state index contributed by atoms with van der Waals surface area (Å²) in [4.78, 5) is 22.4. The number of hydrogen-bond acceptors (Lipinski definition) is 5. The average Bonchev–Trinajstić information content (AvgIpc) is 2.45. The van der Waals surface area contributed by atoms with Gasteiger partial charge in [-0.05, 0) is 24.1 Å². The summed E-state index contributed by atoms with van der Waals surface area (Å²) in [6, 6.07) is 7.48. The molecule has 0 radical (unpaired) electrons. The summed E-state index contributed by atoms with van der Waals surface area (Å²) in [5.74, 6) is -0.327. The Balaban J connectivity index is 1.76. The quantitative estimate of drug-likeness (QED) is 0.602. The number of carbonyl (C=O) groups excluding carboxylic acids is 1. The second kappa shape index (κ2) is 7.79. The van der Waals surface area contributed by atoms with E-state index in [1.165, 1.54) is 0 Å². The first-order chi connectivity index (χ1) is 10.0. The minimum atomic E-state index is -0.906. The zero-order chi connectivity index (χ0) is 15.2. The highest BCUT2D eigenvalue weighted by Crippen LogP contribution is 2.18. The number of nitrogens with one attached hydrogen (secondary N) is 3. The van der Waals surface area contributed by atoms with Crippen molar-refractivity contribution in [1.29, 1.82) is 0 Å². The van der Waals surface area contributed by atoms with Gasteiger partial charge in [-0.2, -0.15) is 0 Å². The number of aliphatic carboxylic acids is 1. The normalized spacial score (nSPS) is 21.9. The number of amides is 1. The minimum Gasteiger partial charge on any atom is -0.481 e. The number of hydrazine groups is 1. The van der Waals surface area contributed by atoms with Gasteiger partial charge in [-0.1, -0.05) is 28.1 Å². The van der Waals surface area contributed by atoms with Crippen LogP contribution in [0.1, 0.15) is 18.4 Å². The van der Waals surface area contributed by atoms with E-state index in [0.29, 0.717) is 0 Å². The molecule has 1 amide bonds. The first kappa shape index (κ1) is 16.3. The molecule has 0 saturated carbocycles. The Kier molecular flexibility index (Phi) is 6.04. The van der Waals surface area contributed by atoms with Crippen LogP contribution in [0.3, 0.4) is 0 Å². The van der Waals surface area contributed by atoms with Crippen LogP contribution in [-0.2, 0) is 15.3 Å². The number of carboxylic acid groups (broad SMARTS) is 1. The van der Waals surface area contributed by atoms with Crippen molar-refractivity contribution in [2.24, 2.45) is 0 Å². The fourth-order valence-corrected chi connectivity index (χ4v) is 2.99. The number of carbonyl (C=O) groups is 2. The molecular formula is C13H16BrN3O3S. The van der Waals surface area contributed by atoms with Gasteiger partial charge in [0.05, 0.1) is 0 Å². The SMILES string of the molecule is O=C(O)CCC1NNC(SCc2ccc(Br)cc2)NC1=O. The molecule has 1 aliphatic rings. The van der Waals surface area contributed by atoms with E-state index in [0.717, 1.165) is 15.8 Å². The molecule has 2 atom stereocenters. The van der Waals surface area contributed by atoms with Crippen molar-refractivity contribution in [2.45, 2.75) is 30.1 Å². The van der Waals surface area contributed by atoms with Gasteiger partial charge < -0.3 is 10.4 Å². The fourth-order valence-electron chi connectivity index (χ4n) is 1.82. The number of carboxylic acids is 1. The lowest BCUT2D eigenvalue weighted by molar-refractivity contribution is -0.137. The van der Waals surface area contributed by atoms with Crippen molar-refractivity contribution in [3.63, 3.8) is 0 Å². The van der Waals surface area contributed by atoms with Gasteiger partial charge in [0.25, 0.3) is 0 Å². The van der Waals surface area contributed by atoms with Crippen LogP contribution in [0, 0.1) is 0 Å². The van der Waals surface area contributed by atoms with E-state index in [4.69, 9.17) is 5.11 Å². The van der Waals surface area contributed by atoms with Gasteiger partial charge in [-0.15, -0.1) is 11.8 Å². The van der Waals surface area contributed by atoms with E-state index in [1.54, 1.807) is 11.8 Å². The highest BCUT2D eigenvalue weighted by Gasteiger charge is 2.27. The molecule has 1 aromatic rings. The van der Waals surface area contributed by atoms with E-state index in [-0.39, 0.29) is 24.2 Å². The predicted molar refractivity (Wildman–Crippen MR) is 84.3 cm³/mol. The van der Waals surface area contributed by atoms with Crippen molar-refractivity contribution < 1.29 is 14.7 Å². The number of benzene rings is 1. The molecule has 1 heterocycles. The molecular weight excluding hydrogens is 358 g/mol. The zero-order valence-electron chi connectivity index (χ0n) is 11.1. The molecule has 0 spiro atoms. The summed E-state index contributed by atoms with van der Waals surface area (Å²) in [5, 5.41) is 11.4. The highest BCUT2D eigenvalue weighted by atomic mass is 79.9. The van der Waals surface area contributed by atoms with E-state index < -0.39 is 12.0 Å². The third kappa shape index (κ3) is 5.31. The molecule has 1 aliphatic heterocycles. The molecule has 0 bridgehead atoms. The minimum absolute atomic E-state index is 0.0382. The first-order valence-corrected chi connectivity index (χ1v) is 8.28. The first-order valence-electron chi connectivity index (χ1n) is 6.44. The van der Waals surface area contributed by atoms with Crippen LogP contribution in [0.4, 0.5) is 0 Å². The summed E-state index contributed by atoms with van der Waals surface area (Å²) in [6.07, 6.45) is 0.224. The van der Waals surface area contributed by atoms with Gasteiger partial charge >= 0.3 is 5.97 Å². The summed E-state index contributed by atoms with van der Waals surface area (Å²) in [5.41, 5.74) is 6.78. The fraction of sp³-hybridized carbons (Fsp3) is 0.385. The number of rotatable bonds is 6. The third-order valence-corrected chi connectivity index (χ3v) is 4.55. The van der Waals surface area contributed by atoms with Crippen molar-refractivity contribution in [2.75, 3.05) is 0 Å². The molecule has 2 rings (SSSR count). The second-order valence-electron chi connectivity index (χ2n) is 4.60. The summed E-state index contributed by atoms with van der Waals surface area (Å²) in [7, 11) is 0. The summed E-state index contributed by atoms with van der Waals surface area (Å²) in [6.45, 7) is 0. The Morgan fingerprint density at radius 3 is 2.62 bits per heavy atom. The molecule has 1 fully saturated rings. The van der Waals surface area contributed by atoms with Crippen molar-refractivity contribution in [3.8, 4) is 0 Å². The van der Waals surface area contributed by atoms with E-state index in [1.807, 2.05) is 24.3 Å². The smallest absolute Gasteiger partial charge is 0.303 e. The van der Waals surface area contributed by atoms with Gasteiger partial charge in [0, 0.05) is 16.6 Å². The molecule has 0 aromatic heterocycles. The lowest BCUT2D eigenvalue weighted by Gasteiger charge is -2.30. The molecule has 4 N–H and O–H groups in total. The Bertz CT molecular complexity index is 512. The van der Waals surface area contributed by atoms with Gasteiger partial charge in [-0.3, -0.25) is 9.59 Å². The molecule has 1 aromatic carbocycles. The van der Waals surface area contributed by atoms with Crippen LogP contribution in [0.5, 0.6) is 0 Å². The van der Waals surface area contributed by atoms with Gasteiger partial charge in [0.2, 0.25) is 5.91 Å². The van der Waals surface area contributed by atoms with Crippen molar-refractivity contribution >= 4 is 39.6 Å². The third-order valence-electron chi connectivity index (χ3n) is 2.96. The topological polar surface area (TPSA) is 90.5 Å². The van der Waals surface area contributed by atoms with Crippen molar-refractivity contribution in [1.82, 2.24) is 16.2 Å². The second-order valence-corrected chi connectivity index (χ2v) is 6.61. The van der Waals surface area contributed by atoms with Crippen LogP contribution < -0.4 is 16.2 Å². The standard InChI is InChI=1S/C13H16BrN3O3S/c14-9-3-1-8(2-4-9)7-21-13-15-12(20)10(16-17-13)5-6-11(18)19/h1-4,10,13,16-17H,5-7H2,(H,15,20)(H,18,19). The lowest BCUT2D eigenvalue weighted by Crippen LogP contribution is -2.64. The van der Waals surface area contributed by atoms with Gasteiger partial charge in [0.1, 0.15) is 11.5 Å². The number of halogens is 1. The maximum atomic E-state index is 11.8. The predicted octanol–water partition coefficient (Wildman–Crippen LogP) is 1.42. The van der Waals surface area contributed by atoms with Crippen molar-refractivity contribution in [3.05, 3.63) is 34.3 Å². The van der Waals surface area contributed by atoms with Gasteiger partial charge in [-0.25, -0.2) is 10.9 Å². The Hall–Kier alpha value is -1.09. The molecule has 1 saturated heterocycles.